The molecule has 1 N–H and O–H groups in total. The molecule has 0 bridgehead atoms. The Balaban J connectivity index is 1.49. The number of nitrogens with zero attached hydrogens (tertiary/aromatic N) is 3. The predicted molar refractivity (Wildman–Crippen MR) is 109 cm³/mol. The van der Waals surface area contributed by atoms with E-state index in [0.717, 1.165) is 31.6 Å². The molecule has 0 spiro atoms. The van der Waals surface area contributed by atoms with Crippen molar-refractivity contribution in [2.24, 2.45) is 5.92 Å². The molecule has 1 aliphatic carbocycles. The van der Waals surface area contributed by atoms with Gasteiger partial charge < -0.3 is 5.32 Å². The zero-order valence-electron chi connectivity index (χ0n) is 16.1. The van der Waals surface area contributed by atoms with Crippen LogP contribution >= 0.6 is 11.3 Å². The van der Waals surface area contributed by atoms with Crippen molar-refractivity contribution in [3.63, 3.8) is 0 Å². The van der Waals surface area contributed by atoms with Crippen LogP contribution in [0.15, 0.2) is 23.8 Å². The fourth-order valence-corrected chi connectivity index (χ4v) is 5.18. The van der Waals surface area contributed by atoms with E-state index in [-0.39, 0.29) is 5.91 Å². The molecular formula is C21H26N4OS. The van der Waals surface area contributed by atoms with Crippen molar-refractivity contribution in [1.29, 1.82) is 0 Å². The number of carbonyl (C=O) groups is 1. The fourth-order valence-electron chi connectivity index (χ4n) is 4.38. The molecule has 2 aliphatic rings. The van der Waals surface area contributed by atoms with E-state index in [1.807, 2.05) is 11.6 Å². The van der Waals surface area contributed by atoms with Crippen molar-refractivity contribution in [1.82, 2.24) is 20.2 Å². The van der Waals surface area contributed by atoms with E-state index in [0.29, 0.717) is 23.4 Å². The summed E-state index contributed by atoms with van der Waals surface area (Å²) in [5.41, 5.74) is 6.19. The highest BCUT2D eigenvalue weighted by Gasteiger charge is 2.32. The number of pyridine rings is 1. The van der Waals surface area contributed by atoms with E-state index in [2.05, 4.69) is 46.2 Å². The monoisotopic (exact) mass is 382 g/mol. The van der Waals surface area contributed by atoms with Crippen LogP contribution < -0.4 is 5.32 Å². The van der Waals surface area contributed by atoms with Gasteiger partial charge >= 0.3 is 0 Å². The van der Waals surface area contributed by atoms with Crippen LogP contribution in [0, 0.1) is 5.92 Å². The van der Waals surface area contributed by atoms with Crippen LogP contribution in [0.5, 0.6) is 0 Å². The zero-order chi connectivity index (χ0) is 19.0. The number of amides is 1. The molecule has 1 aliphatic heterocycles. The lowest BCUT2D eigenvalue weighted by Crippen LogP contribution is -2.41. The Labute approximate surface area is 164 Å². The normalized spacial score (nSPS) is 23.2. The summed E-state index contributed by atoms with van der Waals surface area (Å²) < 4.78 is 0. The number of aromatic nitrogens is 2. The first kappa shape index (κ1) is 18.3. The van der Waals surface area contributed by atoms with E-state index in [4.69, 9.17) is 0 Å². The van der Waals surface area contributed by atoms with E-state index in [9.17, 15) is 4.79 Å². The van der Waals surface area contributed by atoms with E-state index < -0.39 is 0 Å². The van der Waals surface area contributed by atoms with Crippen LogP contribution in [-0.4, -0.2) is 47.0 Å². The van der Waals surface area contributed by atoms with Gasteiger partial charge in [-0.3, -0.25) is 14.7 Å². The molecule has 27 heavy (non-hydrogen) atoms. The molecular weight excluding hydrogens is 356 g/mol. The fraction of sp³-hybridized carbons (Fsp3) is 0.476. The molecule has 2 aromatic heterocycles. The van der Waals surface area contributed by atoms with Gasteiger partial charge in [0.2, 0.25) is 0 Å². The topological polar surface area (TPSA) is 58.1 Å². The van der Waals surface area contributed by atoms with Crippen molar-refractivity contribution in [3.8, 4) is 0 Å². The number of carbonyl (C=O) groups excluding carboxylic acids is 1. The Morgan fingerprint density at radius 2 is 2.15 bits per heavy atom. The molecule has 0 saturated carbocycles. The molecule has 5 nitrogen and oxygen atoms in total. The van der Waals surface area contributed by atoms with E-state index >= 15 is 0 Å². The Bertz CT molecular complexity index is 875. The molecule has 3 heterocycles. The third-order valence-corrected chi connectivity index (χ3v) is 6.90. The van der Waals surface area contributed by atoms with Gasteiger partial charge in [-0.15, -0.1) is 11.3 Å². The van der Waals surface area contributed by atoms with Crippen molar-refractivity contribution >= 4 is 23.3 Å². The number of fused-ring (bicyclic) bond motifs is 2. The van der Waals surface area contributed by atoms with Crippen LogP contribution in [0.2, 0.25) is 0 Å². The zero-order valence-corrected chi connectivity index (χ0v) is 16.9. The second-order valence-electron chi connectivity index (χ2n) is 7.51. The largest absolute Gasteiger partial charge is 0.355 e. The van der Waals surface area contributed by atoms with Crippen LogP contribution in [0.25, 0.3) is 6.08 Å². The third-order valence-electron chi connectivity index (χ3n) is 6.09. The van der Waals surface area contributed by atoms with Crippen molar-refractivity contribution in [2.75, 3.05) is 20.1 Å². The Hall–Kier alpha value is -2.05. The van der Waals surface area contributed by atoms with E-state index in [1.54, 1.807) is 24.6 Å². The summed E-state index contributed by atoms with van der Waals surface area (Å²) in [6.07, 6.45) is 8.19. The maximum Gasteiger partial charge on any atom is 0.252 e. The van der Waals surface area contributed by atoms with Gasteiger partial charge in [-0.05, 0) is 31.1 Å². The number of hydrogen-bond acceptors (Lipinski definition) is 5. The minimum absolute atomic E-state index is 0.0694. The summed E-state index contributed by atoms with van der Waals surface area (Å²) in [5.74, 6) is 0.838. The molecule has 0 radical (unpaired) electrons. The Kier molecular flexibility index (Phi) is 5.10. The summed E-state index contributed by atoms with van der Waals surface area (Å²) in [6.45, 7) is 6.63. The van der Waals surface area contributed by atoms with Gasteiger partial charge in [0.1, 0.15) is 0 Å². The smallest absolute Gasteiger partial charge is 0.252 e. The molecule has 1 amide bonds. The van der Waals surface area contributed by atoms with Crippen molar-refractivity contribution < 1.29 is 4.79 Å². The van der Waals surface area contributed by atoms with Gasteiger partial charge in [0, 0.05) is 56.3 Å². The maximum absolute atomic E-state index is 11.9. The van der Waals surface area contributed by atoms with Crippen LogP contribution in [0.3, 0.4) is 0 Å². The molecule has 3 atom stereocenters. The molecule has 6 heteroatoms. The highest BCUT2D eigenvalue weighted by Crippen LogP contribution is 2.38. The van der Waals surface area contributed by atoms with Gasteiger partial charge in [0.05, 0.1) is 21.6 Å². The van der Waals surface area contributed by atoms with Gasteiger partial charge in [-0.25, -0.2) is 4.98 Å². The van der Waals surface area contributed by atoms with Crippen molar-refractivity contribution in [3.05, 3.63) is 51.2 Å². The summed E-state index contributed by atoms with van der Waals surface area (Å²) in [4.78, 5) is 25.0. The molecule has 4 rings (SSSR count). The number of rotatable bonds is 3. The summed E-state index contributed by atoms with van der Waals surface area (Å²) in [7, 11) is 1.66. The number of nitrogens with one attached hydrogen (secondary N) is 1. The standard InChI is InChI=1S/C21H26N4OS/c1-13-17(4-5-19-20(13)24-12-27-19)14(2)25-8-6-15-10-16(21(26)22-3)11-23-18(15)7-9-25/h4-5,10-14,17H,6-9H2,1-3H3,(H,22,26). The van der Waals surface area contributed by atoms with E-state index in [1.165, 1.54) is 16.1 Å². The maximum atomic E-state index is 11.9. The minimum Gasteiger partial charge on any atom is -0.355 e. The Morgan fingerprint density at radius 3 is 2.96 bits per heavy atom. The first-order valence-corrected chi connectivity index (χ1v) is 10.5. The van der Waals surface area contributed by atoms with Gasteiger partial charge in [0.15, 0.2) is 0 Å². The molecule has 0 aromatic carbocycles. The summed E-state index contributed by atoms with van der Waals surface area (Å²) >= 11 is 1.73. The first-order valence-electron chi connectivity index (χ1n) is 9.64. The molecule has 2 aromatic rings. The van der Waals surface area contributed by atoms with Crippen molar-refractivity contribution in [2.45, 2.75) is 38.6 Å². The van der Waals surface area contributed by atoms with Crippen LogP contribution in [0.1, 0.15) is 52.0 Å². The lowest BCUT2D eigenvalue weighted by molar-refractivity contribution is 0.0962. The average Bonchev–Trinajstić information content (AvgIpc) is 3.07. The summed E-state index contributed by atoms with van der Waals surface area (Å²) in [5, 5.41) is 2.68. The SMILES string of the molecule is CNC(=O)c1cnc2c(c1)CCN(C(C)C1C=Cc3scnc3C1C)CC2. The van der Waals surface area contributed by atoms with Gasteiger partial charge in [-0.1, -0.05) is 13.0 Å². The van der Waals surface area contributed by atoms with Crippen LogP contribution in [0.4, 0.5) is 0 Å². The second kappa shape index (κ2) is 7.52. The predicted octanol–water partition coefficient (Wildman–Crippen LogP) is 3.13. The molecule has 142 valence electrons. The highest BCUT2D eigenvalue weighted by atomic mass is 32.1. The lowest BCUT2D eigenvalue weighted by Gasteiger charge is -2.36. The lowest BCUT2D eigenvalue weighted by atomic mass is 9.81. The van der Waals surface area contributed by atoms with Crippen LogP contribution in [-0.2, 0) is 12.8 Å². The minimum atomic E-state index is -0.0694. The number of hydrogen-bond donors (Lipinski definition) is 1. The quantitative estimate of drug-likeness (QED) is 0.886. The van der Waals surface area contributed by atoms with Gasteiger partial charge in [-0.2, -0.15) is 0 Å². The highest BCUT2D eigenvalue weighted by molar-refractivity contribution is 7.10. The first-order chi connectivity index (χ1) is 13.1. The average molecular weight is 383 g/mol. The second-order valence-corrected chi connectivity index (χ2v) is 8.40. The molecule has 3 unspecified atom stereocenters. The third kappa shape index (κ3) is 3.44. The molecule has 0 saturated heterocycles. The van der Waals surface area contributed by atoms with Gasteiger partial charge in [0.25, 0.3) is 5.91 Å². The molecule has 0 fully saturated rings. The number of thiazole rings is 1. The Morgan fingerprint density at radius 1 is 1.33 bits per heavy atom. The summed E-state index contributed by atoms with van der Waals surface area (Å²) in [6, 6.07) is 2.46.